The van der Waals surface area contributed by atoms with Crippen LogP contribution < -0.4 is 10.5 Å². The minimum absolute atomic E-state index is 0.128. The van der Waals surface area contributed by atoms with Crippen LogP contribution in [0.5, 0.6) is 5.75 Å². The maximum absolute atomic E-state index is 13.7. The number of aryl methyl sites for hydroxylation is 1. The van der Waals surface area contributed by atoms with Crippen LogP contribution in [-0.2, 0) is 4.79 Å². The fourth-order valence-corrected chi connectivity index (χ4v) is 4.38. The number of nitrogens with two attached hydrogens (primary N) is 1. The first-order valence-corrected chi connectivity index (χ1v) is 11.1. The summed E-state index contributed by atoms with van der Waals surface area (Å²) in [7, 11) is 0. The van der Waals surface area contributed by atoms with Gasteiger partial charge in [-0.2, -0.15) is 0 Å². The van der Waals surface area contributed by atoms with E-state index in [0.29, 0.717) is 35.4 Å². The van der Waals surface area contributed by atoms with Crippen LogP contribution in [0.1, 0.15) is 54.2 Å². The predicted molar refractivity (Wildman–Crippen MR) is 125 cm³/mol. The molecule has 1 aliphatic rings. The van der Waals surface area contributed by atoms with E-state index in [1.807, 2.05) is 31.2 Å². The van der Waals surface area contributed by atoms with Crippen molar-refractivity contribution in [1.82, 2.24) is 9.88 Å². The number of fused-ring (bicyclic) bond motifs is 1. The summed E-state index contributed by atoms with van der Waals surface area (Å²) in [6.45, 7) is 6.51. The van der Waals surface area contributed by atoms with Gasteiger partial charge in [0.1, 0.15) is 11.6 Å². The van der Waals surface area contributed by atoms with Gasteiger partial charge in [0, 0.05) is 24.4 Å². The Morgan fingerprint density at radius 3 is 2.58 bits per heavy atom. The Kier molecular flexibility index (Phi) is 6.06. The molecule has 1 aromatic heterocycles. The van der Waals surface area contributed by atoms with Gasteiger partial charge in [0.2, 0.25) is 0 Å². The van der Waals surface area contributed by atoms with Crippen molar-refractivity contribution in [2.75, 3.05) is 13.1 Å². The van der Waals surface area contributed by atoms with Crippen LogP contribution in [-0.4, -0.2) is 40.4 Å². The second-order valence-corrected chi connectivity index (χ2v) is 9.14. The molecule has 1 fully saturated rings. The molecule has 3 aromatic rings. The third-order valence-corrected chi connectivity index (χ3v) is 6.08. The van der Waals surface area contributed by atoms with E-state index >= 15 is 0 Å². The number of piperidine rings is 1. The summed E-state index contributed by atoms with van der Waals surface area (Å²) in [6, 6.07) is 13.4. The van der Waals surface area contributed by atoms with Gasteiger partial charge in [0.25, 0.3) is 11.8 Å². The van der Waals surface area contributed by atoms with E-state index in [4.69, 9.17) is 10.5 Å². The highest BCUT2D eigenvalue weighted by Gasteiger charge is 2.37. The topological polar surface area (TPSA) is 85.5 Å². The molecule has 1 saturated heterocycles. The molecule has 0 saturated carbocycles. The number of amides is 2. The Balaban J connectivity index is 1.59. The molecular weight excluding hydrogens is 421 g/mol. The number of likely N-dealkylation sites (tertiary alicyclic amines) is 1. The summed E-state index contributed by atoms with van der Waals surface area (Å²) in [5, 5.41) is 0.518. The number of halogens is 1. The number of hydrogen-bond donors (Lipinski definition) is 1. The van der Waals surface area contributed by atoms with Gasteiger partial charge in [-0.05, 0) is 70.0 Å². The quantitative estimate of drug-likeness (QED) is 0.628. The highest BCUT2D eigenvalue weighted by atomic mass is 19.1. The Hall–Kier alpha value is -3.48. The van der Waals surface area contributed by atoms with E-state index in [9.17, 15) is 14.0 Å². The number of hydrogen-bond acceptors (Lipinski definition) is 4. The molecule has 172 valence electrons. The summed E-state index contributed by atoms with van der Waals surface area (Å²) in [5.41, 5.74) is 7.10. The van der Waals surface area contributed by atoms with Crippen molar-refractivity contribution in [1.29, 1.82) is 0 Å². The Bertz CT molecular complexity index is 1210. The van der Waals surface area contributed by atoms with E-state index in [1.54, 1.807) is 30.9 Å². The maximum Gasteiger partial charge on any atom is 0.266 e. The molecule has 1 atom stereocenters. The average molecular weight is 450 g/mol. The van der Waals surface area contributed by atoms with Gasteiger partial charge in [-0.25, -0.2) is 4.39 Å². The first-order valence-electron chi connectivity index (χ1n) is 11.1. The minimum Gasteiger partial charge on any atom is -0.478 e. The number of carbonyl (C=O) groups excluding carboxylic acids is 2. The van der Waals surface area contributed by atoms with Gasteiger partial charge < -0.3 is 15.4 Å². The lowest BCUT2D eigenvalue weighted by molar-refractivity contribution is -0.146. The molecule has 2 aromatic carbocycles. The standard InChI is InChI=1S/C26H28FN3O3/c1-16-6-9-20(10-7-16)33-26(2,3)25(32)30-12-4-5-17(15-30)23-21(24(28)31)14-18-13-19(27)8-11-22(18)29-23/h6-11,13-14,17H,4-5,12,15H2,1-3H3,(H2,28,31). The summed E-state index contributed by atoms with van der Waals surface area (Å²) in [5.74, 6) is -0.675. The third kappa shape index (κ3) is 4.82. The average Bonchev–Trinajstić information content (AvgIpc) is 2.79. The number of aromatic nitrogens is 1. The molecule has 2 N–H and O–H groups in total. The maximum atomic E-state index is 13.7. The number of primary amides is 1. The molecule has 2 heterocycles. The Labute approximate surface area is 192 Å². The van der Waals surface area contributed by atoms with Crippen molar-refractivity contribution in [3.8, 4) is 5.75 Å². The molecule has 1 unspecified atom stereocenters. The zero-order valence-corrected chi connectivity index (χ0v) is 19.1. The minimum atomic E-state index is -1.06. The molecule has 33 heavy (non-hydrogen) atoms. The van der Waals surface area contributed by atoms with Crippen LogP contribution in [0.25, 0.3) is 10.9 Å². The number of carbonyl (C=O) groups is 2. The van der Waals surface area contributed by atoms with Gasteiger partial charge in [-0.15, -0.1) is 0 Å². The molecule has 0 aliphatic carbocycles. The van der Waals surface area contributed by atoms with Crippen LogP contribution in [0.3, 0.4) is 0 Å². The summed E-state index contributed by atoms with van der Waals surface area (Å²) >= 11 is 0. The molecule has 2 amide bonds. The smallest absolute Gasteiger partial charge is 0.266 e. The Morgan fingerprint density at radius 2 is 1.88 bits per heavy atom. The number of ether oxygens (including phenoxy) is 1. The fraction of sp³-hybridized carbons (Fsp3) is 0.346. The number of nitrogens with zero attached hydrogens (tertiary/aromatic N) is 2. The first-order chi connectivity index (χ1) is 15.6. The van der Waals surface area contributed by atoms with E-state index < -0.39 is 17.3 Å². The lowest BCUT2D eigenvalue weighted by Crippen LogP contribution is -2.51. The number of rotatable bonds is 5. The number of benzene rings is 2. The molecule has 1 aliphatic heterocycles. The van der Waals surface area contributed by atoms with Crippen molar-refractivity contribution >= 4 is 22.7 Å². The monoisotopic (exact) mass is 449 g/mol. The van der Waals surface area contributed by atoms with E-state index in [0.717, 1.165) is 18.4 Å². The van der Waals surface area contributed by atoms with Crippen LogP contribution >= 0.6 is 0 Å². The van der Waals surface area contributed by atoms with E-state index in [1.165, 1.54) is 12.1 Å². The summed E-state index contributed by atoms with van der Waals surface area (Å²) < 4.78 is 19.7. The predicted octanol–water partition coefficient (Wildman–Crippen LogP) is 4.34. The van der Waals surface area contributed by atoms with Crippen LogP contribution in [0.15, 0.2) is 48.5 Å². The van der Waals surface area contributed by atoms with Gasteiger partial charge in [-0.3, -0.25) is 14.6 Å². The molecular formula is C26H28FN3O3. The molecule has 4 rings (SSSR count). The molecule has 6 nitrogen and oxygen atoms in total. The largest absolute Gasteiger partial charge is 0.478 e. The summed E-state index contributed by atoms with van der Waals surface area (Å²) in [6.07, 6.45) is 1.53. The van der Waals surface area contributed by atoms with Gasteiger partial charge in [-0.1, -0.05) is 17.7 Å². The van der Waals surface area contributed by atoms with Crippen molar-refractivity contribution in [3.05, 3.63) is 71.2 Å². The zero-order valence-electron chi connectivity index (χ0n) is 19.1. The highest BCUT2D eigenvalue weighted by Crippen LogP contribution is 2.32. The third-order valence-electron chi connectivity index (χ3n) is 6.08. The second-order valence-electron chi connectivity index (χ2n) is 9.14. The number of pyridine rings is 1. The lowest BCUT2D eigenvalue weighted by atomic mass is 9.89. The van der Waals surface area contributed by atoms with Gasteiger partial charge >= 0.3 is 0 Å². The lowest BCUT2D eigenvalue weighted by Gasteiger charge is -2.37. The summed E-state index contributed by atoms with van der Waals surface area (Å²) in [4.78, 5) is 32.0. The van der Waals surface area contributed by atoms with Crippen LogP contribution in [0, 0.1) is 12.7 Å². The fourth-order valence-electron chi connectivity index (χ4n) is 4.38. The molecule has 0 radical (unpaired) electrons. The normalized spacial score (nSPS) is 16.6. The van der Waals surface area contributed by atoms with Crippen molar-refractivity contribution in [3.63, 3.8) is 0 Å². The highest BCUT2D eigenvalue weighted by molar-refractivity contribution is 5.98. The van der Waals surface area contributed by atoms with Crippen LogP contribution in [0.2, 0.25) is 0 Å². The van der Waals surface area contributed by atoms with Gasteiger partial charge in [0.15, 0.2) is 5.60 Å². The SMILES string of the molecule is Cc1ccc(OC(C)(C)C(=O)N2CCCC(c3nc4ccc(F)cc4cc3C(N)=O)C2)cc1. The van der Waals surface area contributed by atoms with E-state index in [-0.39, 0.29) is 17.4 Å². The zero-order chi connectivity index (χ0) is 23.8. The second kappa shape index (κ2) is 8.81. The van der Waals surface area contributed by atoms with Crippen molar-refractivity contribution in [2.24, 2.45) is 5.73 Å². The Morgan fingerprint density at radius 1 is 1.15 bits per heavy atom. The van der Waals surface area contributed by atoms with Crippen molar-refractivity contribution < 1.29 is 18.7 Å². The van der Waals surface area contributed by atoms with Crippen LogP contribution in [0.4, 0.5) is 4.39 Å². The first kappa shape index (κ1) is 22.7. The molecule has 0 spiro atoms. The molecule has 0 bridgehead atoms. The van der Waals surface area contributed by atoms with E-state index in [2.05, 4.69) is 4.98 Å². The molecule has 7 heteroatoms. The van der Waals surface area contributed by atoms with Crippen molar-refractivity contribution in [2.45, 2.75) is 45.1 Å². The van der Waals surface area contributed by atoms with Gasteiger partial charge in [0.05, 0.1) is 16.8 Å².